The van der Waals surface area contributed by atoms with Gasteiger partial charge in [0.15, 0.2) is 0 Å². The molecule has 1 heterocycles. The van der Waals surface area contributed by atoms with Gasteiger partial charge in [0.05, 0.1) is 0 Å². The fourth-order valence-corrected chi connectivity index (χ4v) is 4.58. The maximum atomic E-state index is 12.9. The second-order valence-corrected chi connectivity index (χ2v) is 8.19. The van der Waals surface area contributed by atoms with Crippen LogP contribution < -0.4 is 10.1 Å². The average Bonchev–Trinajstić information content (AvgIpc) is 3.25. The van der Waals surface area contributed by atoms with Crippen LogP contribution in [0.2, 0.25) is 0 Å². The molecule has 1 atom stereocenters. The fourth-order valence-electron chi connectivity index (χ4n) is 3.32. The Morgan fingerprint density at radius 1 is 1.03 bits per heavy atom. The fraction of sp³-hybridized carbons (Fsp3) is 0.208. The van der Waals surface area contributed by atoms with Gasteiger partial charge in [-0.1, -0.05) is 60.7 Å². The molecule has 0 unspecified atom stereocenters. The number of carbonyl (C=O) groups is 1. The van der Waals surface area contributed by atoms with E-state index in [0.717, 1.165) is 40.4 Å². The van der Waals surface area contributed by atoms with Crippen LogP contribution in [-0.2, 0) is 6.61 Å². The molecule has 4 nitrogen and oxygen atoms in total. The highest BCUT2D eigenvalue weighted by Gasteiger charge is 2.30. The molecule has 1 fully saturated rings. The van der Waals surface area contributed by atoms with Crippen LogP contribution >= 0.6 is 11.8 Å². The molecule has 1 aliphatic rings. The third kappa shape index (κ3) is 4.74. The summed E-state index contributed by atoms with van der Waals surface area (Å²) >= 11 is 1.79. The maximum Gasteiger partial charge on any atom is 0.323 e. The van der Waals surface area contributed by atoms with Crippen molar-refractivity contribution >= 4 is 23.5 Å². The molecular weight excluding hydrogens is 380 g/mol. The van der Waals surface area contributed by atoms with E-state index in [4.69, 9.17) is 4.74 Å². The van der Waals surface area contributed by atoms with Crippen LogP contribution in [0.4, 0.5) is 10.5 Å². The summed E-state index contributed by atoms with van der Waals surface area (Å²) in [6.45, 7) is 3.28. The van der Waals surface area contributed by atoms with Crippen molar-refractivity contribution in [1.82, 2.24) is 4.90 Å². The number of nitrogens with one attached hydrogen (secondary N) is 1. The average molecular weight is 405 g/mol. The van der Waals surface area contributed by atoms with E-state index in [1.54, 1.807) is 11.8 Å². The van der Waals surface area contributed by atoms with E-state index >= 15 is 0 Å². The SMILES string of the molecule is Cc1ccccc1NC(=O)N1CCS[C@@H]1c1ccc(OCc2ccccc2)cc1. The summed E-state index contributed by atoms with van der Waals surface area (Å²) in [5.74, 6) is 1.76. The number of thioether (sulfide) groups is 1. The minimum absolute atomic E-state index is 0.0159. The Bertz CT molecular complexity index is 960. The first-order chi connectivity index (χ1) is 14.2. The number of hydrogen-bond acceptors (Lipinski definition) is 3. The van der Waals surface area contributed by atoms with E-state index in [2.05, 4.69) is 29.6 Å². The summed E-state index contributed by atoms with van der Waals surface area (Å²) in [7, 11) is 0. The van der Waals surface area contributed by atoms with Crippen molar-refractivity contribution in [2.24, 2.45) is 0 Å². The number of amides is 2. The van der Waals surface area contributed by atoms with Gasteiger partial charge in [0.25, 0.3) is 0 Å². The number of anilines is 1. The number of hydrogen-bond donors (Lipinski definition) is 1. The zero-order valence-electron chi connectivity index (χ0n) is 16.4. The summed E-state index contributed by atoms with van der Waals surface area (Å²) in [6.07, 6.45) is 0. The van der Waals surface area contributed by atoms with Crippen LogP contribution in [0, 0.1) is 6.92 Å². The van der Waals surface area contributed by atoms with E-state index in [1.165, 1.54) is 0 Å². The second-order valence-electron chi connectivity index (χ2n) is 7.00. The lowest BCUT2D eigenvalue weighted by Crippen LogP contribution is -2.34. The predicted molar refractivity (Wildman–Crippen MR) is 119 cm³/mol. The minimum Gasteiger partial charge on any atom is -0.489 e. The zero-order valence-corrected chi connectivity index (χ0v) is 17.2. The maximum absolute atomic E-state index is 12.9. The first-order valence-electron chi connectivity index (χ1n) is 9.72. The molecule has 0 saturated carbocycles. The van der Waals surface area contributed by atoms with Crippen LogP contribution in [0.25, 0.3) is 0 Å². The number of nitrogens with zero attached hydrogens (tertiary/aromatic N) is 1. The van der Waals surface area contributed by atoms with Gasteiger partial charge in [0.2, 0.25) is 0 Å². The zero-order chi connectivity index (χ0) is 20.1. The van der Waals surface area contributed by atoms with Crippen molar-refractivity contribution in [2.45, 2.75) is 18.9 Å². The van der Waals surface area contributed by atoms with Gasteiger partial charge in [0.1, 0.15) is 17.7 Å². The molecule has 1 aliphatic heterocycles. The van der Waals surface area contributed by atoms with Gasteiger partial charge in [-0.05, 0) is 41.8 Å². The van der Waals surface area contributed by atoms with Crippen LogP contribution in [0.15, 0.2) is 78.9 Å². The number of ether oxygens (including phenoxy) is 1. The van der Waals surface area contributed by atoms with E-state index in [-0.39, 0.29) is 11.4 Å². The molecule has 1 N–H and O–H groups in total. The standard InChI is InChI=1S/C24H24N2O2S/c1-18-7-5-6-10-22(18)25-24(27)26-15-16-29-23(26)20-11-13-21(14-12-20)28-17-19-8-3-2-4-9-19/h2-14,23H,15-17H2,1H3,(H,25,27)/t23-/m1/s1. The molecule has 0 radical (unpaired) electrons. The van der Waals surface area contributed by atoms with Crippen molar-refractivity contribution in [2.75, 3.05) is 17.6 Å². The normalized spacial score (nSPS) is 15.9. The van der Waals surface area contributed by atoms with Gasteiger partial charge in [-0.2, -0.15) is 0 Å². The van der Waals surface area contributed by atoms with E-state index in [0.29, 0.717) is 6.61 Å². The van der Waals surface area contributed by atoms with Gasteiger partial charge in [-0.25, -0.2) is 4.79 Å². The summed E-state index contributed by atoms with van der Waals surface area (Å²) in [5.41, 5.74) is 4.17. The topological polar surface area (TPSA) is 41.6 Å². The van der Waals surface area contributed by atoms with Crippen molar-refractivity contribution in [3.63, 3.8) is 0 Å². The molecule has 0 bridgehead atoms. The lowest BCUT2D eigenvalue weighted by Gasteiger charge is -2.25. The molecule has 0 spiro atoms. The molecule has 29 heavy (non-hydrogen) atoms. The quantitative estimate of drug-likeness (QED) is 0.580. The number of benzene rings is 3. The Labute approximate surface area is 175 Å². The van der Waals surface area contributed by atoms with Crippen LogP contribution in [-0.4, -0.2) is 23.2 Å². The largest absolute Gasteiger partial charge is 0.489 e. The molecule has 2 amide bonds. The molecule has 148 valence electrons. The highest BCUT2D eigenvalue weighted by Crippen LogP contribution is 2.38. The number of para-hydroxylation sites is 1. The van der Waals surface area contributed by atoms with Gasteiger partial charge < -0.3 is 15.0 Å². The second kappa shape index (κ2) is 9.05. The third-order valence-corrected chi connectivity index (χ3v) is 6.21. The van der Waals surface area contributed by atoms with Crippen LogP contribution in [0.1, 0.15) is 22.1 Å². The van der Waals surface area contributed by atoms with Crippen molar-refractivity contribution < 1.29 is 9.53 Å². The summed E-state index contributed by atoms with van der Waals surface area (Å²) in [5, 5.41) is 3.07. The number of urea groups is 1. The van der Waals surface area contributed by atoms with Crippen molar-refractivity contribution in [1.29, 1.82) is 0 Å². The Morgan fingerprint density at radius 3 is 2.52 bits per heavy atom. The predicted octanol–water partition coefficient (Wildman–Crippen LogP) is 5.85. The Balaban J connectivity index is 1.40. The number of aryl methyl sites for hydroxylation is 1. The molecule has 0 aromatic heterocycles. The smallest absolute Gasteiger partial charge is 0.323 e. The van der Waals surface area contributed by atoms with Crippen LogP contribution in [0.5, 0.6) is 5.75 Å². The monoisotopic (exact) mass is 404 g/mol. The third-order valence-electron chi connectivity index (χ3n) is 4.95. The summed E-state index contributed by atoms with van der Waals surface area (Å²) < 4.78 is 5.88. The lowest BCUT2D eigenvalue weighted by molar-refractivity contribution is 0.214. The van der Waals surface area contributed by atoms with Gasteiger partial charge >= 0.3 is 6.03 Å². The van der Waals surface area contributed by atoms with E-state index in [9.17, 15) is 4.79 Å². The summed E-state index contributed by atoms with van der Waals surface area (Å²) in [6, 6.07) is 26.0. The van der Waals surface area contributed by atoms with Gasteiger partial charge in [-0.15, -0.1) is 11.8 Å². The number of rotatable bonds is 5. The minimum atomic E-state index is -0.0568. The molecule has 3 aromatic rings. The van der Waals surface area contributed by atoms with E-state index in [1.807, 2.05) is 66.4 Å². The number of carbonyl (C=O) groups excluding carboxylic acids is 1. The van der Waals surface area contributed by atoms with Crippen molar-refractivity contribution in [3.8, 4) is 5.75 Å². The highest BCUT2D eigenvalue weighted by molar-refractivity contribution is 7.99. The van der Waals surface area contributed by atoms with Gasteiger partial charge in [0, 0.05) is 18.0 Å². The molecule has 1 saturated heterocycles. The molecule has 3 aromatic carbocycles. The molecule has 5 heteroatoms. The first kappa shape index (κ1) is 19.4. The first-order valence-corrected chi connectivity index (χ1v) is 10.8. The Hall–Kier alpha value is -2.92. The van der Waals surface area contributed by atoms with E-state index < -0.39 is 0 Å². The molecular formula is C24H24N2O2S. The Kier molecular flexibility index (Phi) is 6.06. The van der Waals surface area contributed by atoms with Gasteiger partial charge in [-0.3, -0.25) is 0 Å². The molecule has 4 rings (SSSR count). The van der Waals surface area contributed by atoms with Crippen molar-refractivity contribution in [3.05, 3.63) is 95.6 Å². The molecule has 0 aliphatic carbocycles. The summed E-state index contributed by atoms with van der Waals surface area (Å²) in [4.78, 5) is 14.8. The lowest BCUT2D eigenvalue weighted by atomic mass is 10.2. The Morgan fingerprint density at radius 2 is 1.76 bits per heavy atom. The van der Waals surface area contributed by atoms with Crippen LogP contribution in [0.3, 0.4) is 0 Å². The highest BCUT2D eigenvalue weighted by atomic mass is 32.2.